The minimum atomic E-state index is -0.0306. The molecule has 8 heteroatoms. The number of benzene rings is 2. The van der Waals surface area contributed by atoms with Crippen LogP contribution in [0.3, 0.4) is 0 Å². The fourth-order valence-corrected chi connectivity index (χ4v) is 5.16. The van der Waals surface area contributed by atoms with Gasteiger partial charge in [0.05, 0.1) is 21.3 Å². The standard InChI is InChI=1S/C27H31Cl3N4O/c1-3-12-34-19(2)22(18-25(34)20-7-9-21(28)10-8-20)27(35)31-11-13-32-14-16-33(17-15-32)24-6-4-5-23(29)26(24)30/h4-10,18H,3,11-17H2,1-2H3,(H,31,35). The Labute approximate surface area is 222 Å². The Bertz CT molecular complexity index is 1170. The van der Waals surface area contributed by atoms with Crippen LogP contribution in [-0.4, -0.2) is 54.6 Å². The van der Waals surface area contributed by atoms with E-state index in [1.807, 2.05) is 55.5 Å². The lowest BCUT2D eigenvalue weighted by atomic mass is 10.1. The highest BCUT2D eigenvalue weighted by Gasteiger charge is 2.21. The van der Waals surface area contributed by atoms with E-state index in [2.05, 4.69) is 26.6 Å². The van der Waals surface area contributed by atoms with Crippen molar-refractivity contribution in [3.05, 3.63) is 74.9 Å². The molecule has 3 aromatic rings. The molecular weight excluding hydrogens is 503 g/mol. The van der Waals surface area contributed by atoms with E-state index < -0.39 is 0 Å². The molecule has 1 aliphatic rings. The molecule has 0 radical (unpaired) electrons. The summed E-state index contributed by atoms with van der Waals surface area (Å²) in [6, 6.07) is 15.5. The number of nitrogens with zero attached hydrogens (tertiary/aromatic N) is 3. The molecule has 1 fully saturated rings. The van der Waals surface area contributed by atoms with Gasteiger partial charge in [-0.1, -0.05) is 59.9 Å². The van der Waals surface area contributed by atoms with Gasteiger partial charge in [-0.15, -0.1) is 0 Å². The van der Waals surface area contributed by atoms with E-state index in [1.54, 1.807) is 0 Å². The van der Waals surface area contributed by atoms with Crippen molar-refractivity contribution in [1.82, 2.24) is 14.8 Å². The van der Waals surface area contributed by atoms with E-state index in [1.165, 1.54) is 0 Å². The molecule has 2 aromatic carbocycles. The molecule has 1 N–H and O–H groups in total. The number of amides is 1. The first kappa shape index (κ1) is 25.9. The SMILES string of the molecule is CCCn1c(-c2ccc(Cl)cc2)cc(C(=O)NCCN2CCN(c3cccc(Cl)c3Cl)CC2)c1C. The van der Waals surface area contributed by atoms with Crippen LogP contribution in [0.2, 0.25) is 15.1 Å². The van der Waals surface area contributed by atoms with Gasteiger partial charge in [0.1, 0.15) is 0 Å². The number of anilines is 1. The highest BCUT2D eigenvalue weighted by Crippen LogP contribution is 2.33. The summed E-state index contributed by atoms with van der Waals surface area (Å²) in [5, 5.41) is 5.01. The molecule has 186 valence electrons. The van der Waals surface area contributed by atoms with Crippen LogP contribution < -0.4 is 10.2 Å². The lowest BCUT2D eigenvalue weighted by Gasteiger charge is -2.36. The Hall–Kier alpha value is -2.18. The van der Waals surface area contributed by atoms with Gasteiger partial charge in [0.2, 0.25) is 0 Å². The summed E-state index contributed by atoms with van der Waals surface area (Å²) in [5.74, 6) is -0.0306. The Morgan fingerprint density at radius 1 is 0.971 bits per heavy atom. The number of halogens is 3. The third-order valence-electron chi connectivity index (χ3n) is 6.56. The van der Waals surface area contributed by atoms with Crippen LogP contribution in [0, 0.1) is 6.92 Å². The van der Waals surface area contributed by atoms with E-state index in [9.17, 15) is 4.79 Å². The molecule has 5 nitrogen and oxygen atoms in total. The maximum atomic E-state index is 13.1. The molecule has 1 aliphatic heterocycles. The number of hydrogen-bond acceptors (Lipinski definition) is 3. The molecule has 0 aliphatic carbocycles. The van der Waals surface area contributed by atoms with E-state index in [4.69, 9.17) is 34.8 Å². The molecular formula is C27H31Cl3N4O. The van der Waals surface area contributed by atoms with Crippen LogP contribution >= 0.6 is 34.8 Å². The van der Waals surface area contributed by atoms with Crippen LogP contribution in [0.15, 0.2) is 48.5 Å². The van der Waals surface area contributed by atoms with Gasteiger partial charge in [0, 0.05) is 62.2 Å². The Morgan fingerprint density at radius 2 is 1.69 bits per heavy atom. The number of nitrogens with one attached hydrogen (secondary N) is 1. The average molecular weight is 534 g/mol. The maximum absolute atomic E-state index is 13.1. The van der Waals surface area contributed by atoms with Crippen molar-refractivity contribution in [2.75, 3.05) is 44.2 Å². The first-order valence-corrected chi connectivity index (χ1v) is 13.2. The molecule has 2 heterocycles. The van der Waals surface area contributed by atoms with Crippen LogP contribution in [0.4, 0.5) is 5.69 Å². The topological polar surface area (TPSA) is 40.5 Å². The molecule has 4 rings (SSSR count). The fourth-order valence-electron chi connectivity index (χ4n) is 4.62. The number of aromatic nitrogens is 1. The van der Waals surface area contributed by atoms with Gasteiger partial charge >= 0.3 is 0 Å². The molecule has 0 unspecified atom stereocenters. The molecule has 0 saturated carbocycles. The molecule has 1 saturated heterocycles. The molecule has 1 amide bonds. The zero-order valence-corrected chi connectivity index (χ0v) is 22.4. The second-order valence-corrected chi connectivity index (χ2v) is 10.1. The van der Waals surface area contributed by atoms with E-state index >= 15 is 0 Å². The zero-order valence-electron chi connectivity index (χ0n) is 20.2. The third-order valence-corrected chi connectivity index (χ3v) is 7.62. The van der Waals surface area contributed by atoms with Crippen molar-refractivity contribution in [3.8, 4) is 11.3 Å². The van der Waals surface area contributed by atoms with Crippen LogP contribution in [-0.2, 0) is 6.54 Å². The van der Waals surface area contributed by atoms with Gasteiger partial charge in [-0.05, 0) is 49.2 Å². The number of carbonyl (C=O) groups is 1. The summed E-state index contributed by atoms with van der Waals surface area (Å²) in [4.78, 5) is 17.7. The van der Waals surface area contributed by atoms with Crippen molar-refractivity contribution in [2.24, 2.45) is 0 Å². The fraction of sp³-hybridized carbons (Fsp3) is 0.370. The first-order valence-electron chi connectivity index (χ1n) is 12.0. The lowest BCUT2D eigenvalue weighted by Crippen LogP contribution is -2.48. The largest absolute Gasteiger partial charge is 0.368 e. The molecule has 1 aromatic heterocycles. The Balaban J connectivity index is 1.34. The average Bonchev–Trinajstić information content (AvgIpc) is 3.18. The summed E-state index contributed by atoms with van der Waals surface area (Å²) in [6.07, 6.45) is 0.990. The van der Waals surface area contributed by atoms with Gasteiger partial charge in [0.15, 0.2) is 0 Å². The predicted molar refractivity (Wildman–Crippen MR) is 147 cm³/mol. The second-order valence-electron chi connectivity index (χ2n) is 8.84. The minimum absolute atomic E-state index is 0.0306. The molecule has 0 atom stereocenters. The van der Waals surface area contributed by atoms with Gasteiger partial charge in [-0.3, -0.25) is 9.69 Å². The van der Waals surface area contributed by atoms with Crippen molar-refractivity contribution >= 4 is 46.4 Å². The Morgan fingerprint density at radius 3 is 2.37 bits per heavy atom. The highest BCUT2D eigenvalue weighted by molar-refractivity contribution is 6.43. The third kappa shape index (κ3) is 5.97. The number of hydrogen-bond donors (Lipinski definition) is 1. The molecule has 0 spiro atoms. The van der Waals surface area contributed by atoms with Crippen molar-refractivity contribution < 1.29 is 4.79 Å². The van der Waals surface area contributed by atoms with E-state index in [-0.39, 0.29) is 5.91 Å². The number of carbonyl (C=O) groups excluding carboxylic acids is 1. The molecule has 0 bridgehead atoms. The quantitative estimate of drug-likeness (QED) is 0.365. The van der Waals surface area contributed by atoms with Gasteiger partial charge in [-0.2, -0.15) is 0 Å². The van der Waals surface area contributed by atoms with Gasteiger partial charge < -0.3 is 14.8 Å². The van der Waals surface area contributed by atoms with Crippen molar-refractivity contribution in [3.63, 3.8) is 0 Å². The summed E-state index contributed by atoms with van der Waals surface area (Å²) in [6.45, 7) is 9.99. The Kier molecular flexibility index (Phi) is 8.66. The second kappa shape index (κ2) is 11.7. The zero-order chi connectivity index (χ0) is 24.9. The predicted octanol–water partition coefficient (Wildman–Crippen LogP) is 6.39. The molecule has 35 heavy (non-hydrogen) atoms. The van der Waals surface area contributed by atoms with E-state index in [0.717, 1.165) is 73.9 Å². The minimum Gasteiger partial charge on any atom is -0.368 e. The monoisotopic (exact) mass is 532 g/mol. The summed E-state index contributed by atoms with van der Waals surface area (Å²) in [5.41, 5.74) is 4.80. The normalized spacial score (nSPS) is 14.4. The lowest BCUT2D eigenvalue weighted by molar-refractivity contribution is 0.0947. The summed E-state index contributed by atoms with van der Waals surface area (Å²) in [7, 11) is 0. The highest BCUT2D eigenvalue weighted by atomic mass is 35.5. The summed E-state index contributed by atoms with van der Waals surface area (Å²) < 4.78 is 2.22. The number of piperazine rings is 1. The van der Waals surface area contributed by atoms with Crippen molar-refractivity contribution in [2.45, 2.75) is 26.8 Å². The maximum Gasteiger partial charge on any atom is 0.253 e. The number of rotatable bonds is 8. The van der Waals surface area contributed by atoms with Gasteiger partial charge in [0.25, 0.3) is 5.91 Å². The van der Waals surface area contributed by atoms with Crippen LogP contribution in [0.5, 0.6) is 0 Å². The first-order chi connectivity index (χ1) is 16.9. The smallest absolute Gasteiger partial charge is 0.253 e. The van der Waals surface area contributed by atoms with Gasteiger partial charge in [-0.25, -0.2) is 0 Å². The van der Waals surface area contributed by atoms with E-state index in [0.29, 0.717) is 21.6 Å². The van der Waals surface area contributed by atoms with Crippen molar-refractivity contribution in [1.29, 1.82) is 0 Å². The van der Waals surface area contributed by atoms with Crippen LogP contribution in [0.1, 0.15) is 29.4 Å². The summed E-state index contributed by atoms with van der Waals surface area (Å²) >= 11 is 18.6. The van der Waals surface area contributed by atoms with Crippen LogP contribution in [0.25, 0.3) is 11.3 Å².